The lowest BCUT2D eigenvalue weighted by molar-refractivity contribution is -0.384. The van der Waals surface area contributed by atoms with Crippen molar-refractivity contribution in [2.24, 2.45) is 0 Å². The number of nitrogens with one attached hydrogen (secondary N) is 1. The molecule has 0 aliphatic rings. The van der Waals surface area contributed by atoms with Crippen molar-refractivity contribution in [2.45, 2.75) is 53.1 Å². The van der Waals surface area contributed by atoms with Crippen LogP contribution >= 0.6 is 0 Å². The zero-order valence-corrected chi connectivity index (χ0v) is 19.5. The molecule has 0 aliphatic heterocycles. The summed E-state index contributed by atoms with van der Waals surface area (Å²) in [4.78, 5) is 23.8. The number of carbonyl (C=O) groups excluding carboxylic acids is 1. The van der Waals surface area contributed by atoms with Crippen molar-refractivity contribution in [3.05, 3.63) is 68.8 Å². The number of hydrogen-bond acceptors (Lipinski definition) is 5. The maximum atomic E-state index is 13.2. The molecule has 0 bridgehead atoms. The normalized spacial score (nSPS) is 13.4. The van der Waals surface area contributed by atoms with Gasteiger partial charge < -0.3 is 5.32 Å². The van der Waals surface area contributed by atoms with Gasteiger partial charge in [0.05, 0.1) is 22.9 Å². The van der Waals surface area contributed by atoms with Crippen molar-refractivity contribution < 1.29 is 18.1 Å². The van der Waals surface area contributed by atoms with Crippen molar-refractivity contribution in [1.29, 1.82) is 0 Å². The summed E-state index contributed by atoms with van der Waals surface area (Å²) in [5, 5.41) is 14.1. The molecule has 1 amide bonds. The fourth-order valence-corrected chi connectivity index (χ4v) is 4.94. The van der Waals surface area contributed by atoms with Gasteiger partial charge >= 0.3 is 0 Å². The van der Waals surface area contributed by atoms with Crippen molar-refractivity contribution in [3.8, 4) is 0 Å². The van der Waals surface area contributed by atoms with E-state index in [1.54, 1.807) is 13.8 Å². The van der Waals surface area contributed by atoms with Crippen molar-refractivity contribution >= 4 is 27.3 Å². The molecular formula is C22H29N3O5S. The summed E-state index contributed by atoms with van der Waals surface area (Å²) in [5.74, 6) is -0.466. The van der Waals surface area contributed by atoms with Gasteiger partial charge in [-0.15, -0.1) is 0 Å². The lowest BCUT2D eigenvalue weighted by Gasteiger charge is -2.32. The highest BCUT2D eigenvalue weighted by molar-refractivity contribution is 7.92. The highest BCUT2D eigenvalue weighted by Gasteiger charge is 2.34. The molecular weight excluding hydrogens is 418 g/mol. The fraction of sp³-hybridized carbons (Fsp3) is 0.409. The number of nitro groups is 1. The SMILES string of the molecule is CCC(C(=O)NC(C)c1ccc(C)cc1C)N(c1cc([N+](=O)[O-])ccc1C)S(C)(=O)=O. The summed E-state index contributed by atoms with van der Waals surface area (Å²) in [6, 6.07) is 8.51. The number of anilines is 1. The van der Waals surface area contributed by atoms with Crippen LogP contribution in [0.2, 0.25) is 0 Å². The lowest BCUT2D eigenvalue weighted by atomic mass is 10.00. The van der Waals surface area contributed by atoms with Crippen LogP contribution in [0.4, 0.5) is 11.4 Å². The molecule has 8 nitrogen and oxygen atoms in total. The van der Waals surface area contributed by atoms with Crippen LogP contribution in [0.5, 0.6) is 0 Å². The average molecular weight is 448 g/mol. The molecule has 9 heteroatoms. The Hall–Kier alpha value is -2.94. The number of hydrogen-bond donors (Lipinski definition) is 1. The van der Waals surface area contributed by atoms with Crippen LogP contribution in [0.25, 0.3) is 0 Å². The van der Waals surface area contributed by atoms with Crippen LogP contribution in [0.1, 0.15) is 48.6 Å². The predicted molar refractivity (Wildman–Crippen MR) is 122 cm³/mol. The maximum absolute atomic E-state index is 13.2. The topological polar surface area (TPSA) is 110 Å². The predicted octanol–water partition coefficient (Wildman–Crippen LogP) is 3.94. The largest absolute Gasteiger partial charge is 0.348 e. The number of carbonyl (C=O) groups is 1. The average Bonchev–Trinajstić information content (AvgIpc) is 2.65. The summed E-state index contributed by atoms with van der Waals surface area (Å²) in [6.07, 6.45) is 1.19. The smallest absolute Gasteiger partial charge is 0.271 e. The Labute approximate surface area is 183 Å². The molecule has 0 spiro atoms. The van der Waals surface area contributed by atoms with Crippen molar-refractivity contribution in [3.63, 3.8) is 0 Å². The molecule has 2 aromatic carbocycles. The molecule has 31 heavy (non-hydrogen) atoms. The highest BCUT2D eigenvalue weighted by Crippen LogP contribution is 2.30. The second-order valence-corrected chi connectivity index (χ2v) is 9.66. The molecule has 2 aromatic rings. The zero-order chi connectivity index (χ0) is 23.5. The van der Waals surface area contributed by atoms with Crippen LogP contribution in [-0.4, -0.2) is 31.5 Å². The van der Waals surface area contributed by atoms with Crippen LogP contribution < -0.4 is 9.62 Å². The minimum Gasteiger partial charge on any atom is -0.348 e. The molecule has 0 saturated carbocycles. The zero-order valence-electron chi connectivity index (χ0n) is 18.7. The van der Waals surface area contributed by atoms with Gasteiger partial charge in [0.25, 0.3) is 5.69 Å². The van der Waals surface area contributed by atoms with E-state index in [0.29, 0.717) is 5.56 Å². The Morgan fingerprint density at radius 3 is 2.29 bits per heavy atom. The Bertz CT molecular complexity index is 1100. The van der Waals surface area contributed by atoms with Gasteiger partial charge in [-0.3, -0.25) is 19.2 Å². The van der Waals surface area contributed by atoms with Crippen molar-refractivity contribution in [1.82, 2.24) is 5.32 Å². The van der Waals surface area contributed by atoms with Gasteiger partial charge in [-0.2, -0.15) is 0 Å². The monoisotopic (exact) mass is 447 g/mol. The Kier molecular flexibility index (Phi) is 7.43. The third kappa shape index (κ3) is 5.61. The van der Waals surface area contributed by atoms with Gasteiger partial charge in [-0.05, 0) is 50.8 Å². The fourth-order valence-electron chi connectivity index (χ4n) is 3.68. The van der Waals surface area contributed by atoms with E-state index in [0.717, 1.165) is 27.3 Å². The molecule has 2 unspecified atom stereocenters. The van der Waals surface area contributed by atoms with E-state index in [1.165, 1.54) is 18.2 Å². The molecule has 0 heterocycles. The number of aryl methyl sites for hydroxylation is 3. The number of nitro benzene ring substituents is 1. The van der Waals surface area contributed by atoms with E-state index in [4.69, 9.17) is 0 Å². The number of rotatable bonds is 8. The molecule has 0 fully saturated rings. The van der Waals surface area contributed by atoms with Gasteiger partial charge in [0.1, 0.15) is 6.04 Å². The van der Waals surface area contributed by atoms with Crippen LogP contribution in [-0.2, 0) is 14.8 Å². The van der Waals surface area contributed by atoms with Crippen LogP contribution in [0.15, 0.2) is 36.4 Å². The highest BCUT2D eigenvalue weighted by atomic mass is 32.2. The summed E-state index contributed by atoms with van der Waals surface area (Å²) in [6.45, 7) is 9.14. The van der Waals surface area contributed by atoms with Crippen molar-refractivity contribution in [2.75, 3.05) is 10.6 Å². The molecule has 1 N–H and O–H groups in total. The summed E-state index contributed by atoms with van der Waals surface area (Å²) in [7, 11) is -3.90. The Morgan fingerprint density at radius 1 is 1.13 bits per heavy atom. The number of amides is 1. The summed E-state index contributed by atoms with van der Waals surface area (Å²) >= 11 is 0. The first kappa shape index (κ1) is 24.3. The van der Waals surface area contributed by atoms with Gasteiger partial charge in [-0.25, -0.2) is 8.42 Å². The molecule has 0 aromatic heterocycles. The van der Waals surface area contributed by atoms with Gasteiger partial charge in [0, 0.05) is 12.1 Å². The van der Waals surface area contributed by atoms with Gasteiger partial charge in [0.15, 0.2) is 0 Å². The number of sulfonamides is 1. The summed E-state index contributed by atoms with van der Waals surface area (Å²) in [5.41, 5.74) is 3.47. The van der Waals surface area contributed by atoms with Gasteiger partial charge in [-0.1, -0.05) is 36.8 Å². The number of nitrogens with zero attached hydrogens (tertiary/aromatic N) is 2. The minimum atomic E-state index is -3.90. The molecule has 0 radical (unpaired) electrons. The lowest BCUT2D eigenvalue weighted by Crippen LogP contribution is -2.50. The molecule has 2 rings (SSSR count). The Morgan fingerprint density at radius 2 is 1.77 bits per heavy atom. The van der Waals surface area contributed by atoms with Crippen LogP contribution in [0.3, 0.4) is 0 Å². The number of non-ortho nitro benzene ring substituents is 1. The quantitative estimate of drug-likeness (QED) is 0.487. The first-order valence-corrected chi connectivity index (χ1v) is 11.8. The van der Waals surface area contributed by atoms with E-state index < -0.39 is 26.9 Å². The second-order valence-electron chi connectivity index (χ2n) is 7.80. The van der Waals surface area contributed by atoms with E-state index in [-0.39, 0.29) is 23.8 Å². The first-order chi connectivity index (χ1) is 14.4. The second kappa shape index (κ2) is 9.47. The third-order valence-electron chi connectivity index (χ3n) is 5.22. The maximum Gasteiger partial charge on any atom is 0.271 e. The van der Waals surface area contributed by atoms with Gasteiger partial charge in [0.2, 0.25) is 15.9 Å². The molecule has 2 atom stereocenters. The molecule has 0 saturated heterocycles. The molecule has 0 aliphatic carbocycles. The third-order valence-corrected chi connectivity index (χ3v) is 6.39. The van der Waals surface area contributed by atoms with E-state index >= 15 is 0 Å². The van der Waals surface area contributed by atoms with E-state index in [9.17, 15) is 23.3 Å². The van der Waals surface area contributed by atoms with E-state index in [2.05, 4.69) is 5.32 Å². The van der Waals surface area contributed by atoms with E-state index in [1.807, 2.05) is 39.0 Å². The number of benzene rings is 2. The standard InChI is InChI=1S/C22H29N3O5S/c1-7-20(22(26)23-17(5)19-11-8-14(2)12-16(19)4)24(31(6,29)30)21-13-18(25(27)28)10-9-15(21)3/h8-13,17,20H,7H2,1-6H3,(H,23,26). The Balaban J connectivity index is 2.45. The minimum absolute atomic E-state index is 0.123. The molecule has 168 valence electrons. The summed E-state index contributed by atoms with van der Waals surface area (Å²) < 4.78 is 26.4. The first-order valence-electron chi connectivity index (χ1n) is 9.98. The van der Waals surface area contributed by atoms with Crippen LogP contribution in [0, 0.1) is 30.9 Å².